The fraction of sp³-hybridized carbons (Fsp3) is 0.231. The molecule has 0 saturated heterocycles. The summed E-state index contributed by atoms with van der Waals surface area (Å²) in [6.45, 7) is 1.40. The first-order chi connectivity index (χ1) is 9.19. The van der Waals surface area contributed by atoms with E-state index in [1.54, 1.807) is 13.3 Å². The minimum Gasteiger partial charge on any atom is -0.497 e. The molecule has 0 bridgehead atoms. The molecular formula is C13H12ClN3O2. The second-order valence-electron chi connectivity index (χ2n) is 4.39. The van der Waals surface area contributed by atoms with E-state index in [-0.39, 0.29) is 10.6 Å². The number of fused-ring (bicyclic) bond motifs is 1. The van der Waals surface area contributed by atoms with Crippen molar-refractivity contribution in [3.05, 3.63) is 50.9 Å². The van der Waals surface area contributed by atoms with E-state index in [1.165, 1.54) is 11.1 Å². The number of rotatable bonds is 2. The Hall–Kier alpha value is -2.01. The van der Waals surface area contributed by atoms with E-state index < -0.39 is 0 Å². The van der Waals surface area contributed by atoms with Crippen molar-refractivity contribution in [1.82, 2.24) is 10.2 Å². The number of hydrogen-bond donors (Lipinski definition) is 1. The lowest BCUT2D eigenvalue weighted by Crippen LogP contribution is -2.19. The molecule has 6 heteroatoms. The van der Waals surface area contributed by atoms with Gasteiger partial charge >= 0.3 is 0 Å². The van der Waals surface area contributed by atoms with Gasteiger partial charge in [0.25, 0.3) is 5.56 Å². The molecule has 0 aliphatic carbocycles. The molecule has 0 amide bonds. The predicted octanol–water partition coefficient (Wildman–Crippen LogP) is 1.95. The van der Waals surface area contributed by atoms with Crippen LogP contribution in [0.3, 0.4) is 0 Å². The molecule has 1 aliphatic heterocycles. The monoisotopic (exact) mass is 277 g/mol. The van der Waals surface area contributed by atoms with E-state index in [9.17, 15) is 4.79 Å². The standard InChI is InChI=1S/C13H12ClN3O2/c1-19-10-3-2-8-6-17(7-9(8)4-10)11-5-15-16-13(18)12(11)14/h2-5H,6-7H2,1H3,(H,16,18). The van der Waals surface area contributed by atoms with Gasteiger partial charge in [0.2, 0.25) is 0 Å². The molecule has 1 N–H and O–H groups in total. The third-order valence-corrected chi connectivity index (χ3v) is 3.62. The number of benzene rings is 1. The van der Waals surface area contributed by atoms with Crippen LogP contribution in [0.1, 0.15) is 11.1 Å². The zero-order valence-electron chi connectivity index (χ0n) is 10.3. The van der Waals surface area contributed by atoms with Gasteiger partial charge in [-0.3, -0.25) is 4.79 Å². The summed E-state index contributed by atoms with van der Waals surface area (Å²) in [7, 11) is 1.64. The highest BCUT2D eigenvalue weighted by Gasteiger charge is 2.22. The highest BCUT2D eigenvalue weighted by Crippen LogP contribution is 2.32. The summed E-state index contributed by atoms with van der Waals surface area (Å²) in [4.78, 5) is 13.5. The summed E-state index contributed by atoms with van der Waals surface area (Å²) in [5.41, 5.74) is 2.67. The smallest absolute Gasteiger partial charge is 0.285 e. The van der Waals surface area contributed by atoms with Crippen LogP contribution in [0.15, 0.2) is 29.2 Å². The lowest BCUT2D eigenvalue weighted by atomic mass is 10.1. The molecule has 1 aromatic heterocycles. The van der Waals surface area contributed by atoms with Crippen LogP contribution in [0.25, 0.3) is 0 Å². The summed E-state index contributed by atoms with van der Waals surface area (Å²) >= 11 is 6.02. The molecule has 0 unspecified atom stereocenters. The van der Waals surface area contributed by atoms with E-state index in [4.69, 9.17) is 16.3 Å². The fourth-order valence-electron chi connectivity index (χ4n) is 2.26. The maximum absolute atomic E-state index is 11.5. The molecule has 0 atom stereocenters. The molecule has 2 heterocycles. The SMILES string of the molecule is COc1ccc2c(c1)CN(c1cn[nH]c(=O)c1Cl)C2. The van der Waals surface area contributed by atoms with Crippen molar-refractivity contribution in [1.29, 1.82) is 0 Å². The van der Waals surface area contributed by atoms with Crippen molar-refractivity contribution in [2.45, 2.75) is 13.1 Å². The average molecular weight is 278 g/mol. The predicted molar refractivity (Wildman–Crippen MR) is 72.7 cm³/mol. The Morgan fingerprint density at radius 1 is 1.37 bits per heavy atom. The summed E-state index contributed by atoms with van der Waals surface area (Å²) in [5.74, 6) is 0.829. The molecule has 3 rings (SSSR count). The maximum atomic E-state index is 11.5. The summed E-state index contributed by atoms with van der Waals surface area (Å²) in [6, 6.07) is 5.96. The normalized spacial score (nSPS) is 13.5. The molecule has 19 heavy (non-hydrogen) atoms. The van der Waals surface area contributed by atoms with Gasteiger partial charge in [-0.1, -0.05) is 17.7 Å². The molecule has 1 aliphatic rings. The van der Waals surface area contributed by atoms with Gasteiger partial charge < -0.3 is 9.64 Å². The highest BCUT2D eigenvalue weighted by molar-refractivity contribution is 6.33. The van der Waals surface area contributed by atoms with Crippen molar-refractivity contribution in [3.63, 3.8) is 0 Å². The summed E-state index contributed by atoms with van der Waals surface area (Å²) in [6.07, 6.45) is 1.58. The van der Waals surface area contributed by atoms with E-state index >= 15 is 0 Å². The van der Waals surface area contributed by atoms with E-state index in [0.717, 1.165) is 5.75 Å². The van der Waals surface area contributed by atoms with Crippen molar-refractivity contribution < 1.29 is 4.74 Å². The van der Waals surface area contributed by atoms with Gasteiger partial charge in [0, 0.05) is 13.1 Å². The van der Waals surface area contributed by atoms with Gasteiger partial charge in [0.1, 0.15) is 10.8 Å². The van der Waals surface area contributed by atoms with Crippen LogP contribution in [-0.2, 0) is 13.1 Å². The molecule has 1 aromatic carbocycles. The van der Waals surface area contributed by atoms with Crippen molar-refractivity contribution in [2.75, 3.05) is 12.0 Å². The summed E-state index contributed by atoms with van der Waals surface area (Å²) < 4.78 is 5.21. The van der Waals surface area contributed by atoms with Crippen LogP contribution >= 0.6 is 11.6 Å². The minimum atomic E-state index is -0.368. The van der Waals surface area contributed by atoms with Crippen LogP contribution in [0.4, 0.5) is 5.69 Å². The Morgan fingerprint density at radius 3 is 2.95 bits per heavy atom. The average Bonchev–Trinajstić information content (AvgIpc) is 2.84. The Labute approximate surface area is 114 Å². The number of nitrogens with one attached hydrogen (secondary N) is 1. The van der Waals surface area contributed by atoms with Crippen molar-refractivity contribution >= 4 is 17.3 Å². The van der Waals surface area contributed by atoms with Gasteiger partial charge in [-0.15, -0.1) is 0 Å². The minimum absolute atomic E-state index is 0.176. The third-order valence-electron chi connectivity index (χ3n) is 3.25. The molecule has 0 radical (unpaired) electrons. The number of aromatic nitrogens is 2. The first kappa shape index (κ1) is 12.0. The first-order valence-electron chi connectivity index (χ1n) is 5.83. The molecule has 0 spiro atoms. The highest BCUT2D eigenvalue weighted by atomic mass is 35.5. The lowest BCUT2D eigenvalue weighted by molar-refractivity contribution is 0.414. The van der Waals surface area contributed by atoms with Gasteiger partial charge in [-0.25, -0.2) is 5.10 Å². The topological polar surface area (TPSA) is 58.2 Å². The third kappa shape index (κ3) is 2.06. The van der Waals surface area contributed by atoms with E-state index in [1.807, 2.05) is 23.1 Å². The largest absolute Gasteiger partial charge is 0.497 e. The van der Waals surface area contributed by atoms with Crippen LogP contribution in [0.5, 0.6) is 5.75 Å². The molecule has 98 valence electrons. The number of halogens is 1. The first-order valence-corrected chi connectivity index (χ1v) is 6.21. The zero-order chi connectivity index (χ0) is 13.4. The zero-order valence-corrected chi connectivity index (χ0v) is 11.1. The quantitative estimate of drug-likeness (QED) is 0.912. The number of ether oxygens (including phenoxy) is 1. The number of H-pyrrole nitrogens is 1. The van der Waals surface area contributed by atoms with Gasteiger partial charge in [0.05, 0.1) is 19.0 Å². The number of methoxy groups -OCH3 is 1. The fourth-order valence-corrected chi connectivity index (χ4v) is 2.47. The van der Waals surface area contributed by atoms with Crippen molar-refractivity contribution in [2.24, 2.45) is 0 Å². The second kappa shape index (κ2) is 4.59. The molecular weight excluding hydrogens is 266 g/mol. The van der Waals surface area contributed by atoms with Crippen LogP contribution in [-0.4, -0.2) is 17.3 Å². The molecule has 5 nitrogen and oxygen atoms in total. The van der Waals surface area contributed by atoms with Crippen LogP contribution in [0, 0.1) is 0 Å². The summed E-state index contributed by atoms with van der Waals surface area (Å²) in [5, 5.41) is 6.29. The van der Waals surface area contributed by atoms with Gasteiger partial charge in [-0.2, -0.15) is 5.10 Å². The van der Waals surface area contributed by atoms with E-state index in [0.29, 0.717) is 18.8 Å². The maximum Gasteiger partial charge on any atom is 0.285 e. The van der Waals surface area contributed by atoms with Crippen LogP contribution in [0.2, 0.25) is 5.02 Å². The Balaban J connectivity index is 1.95. The second-order valence-corrected chi connectivity index (χ2v) is 4.77. The van der Waals surface area contributed by atoms with Crippen molar-refractivity contribution in [3.8, 4) is 5.75 Å². The number of aromatic amines is 1. The number of anilines is 1. The van der Waals surface area contributed by atoms with Gasteiger partial charge in [0.15, 0.2) is 0 Å². The molecule has 0 fully saturated rings. The van der Waals surface area contributed by atoms with E-state index in [2.05, 4.69) is 10.2 Å². The number of hydrogen-bond acceptors (Lipinski definition) is 4. The van der Waals surface area contributed by atoms with Crippen LogP contribution < -0.4 is 15.2 Å². The Bertz CT molecular complexity index is 684. The van der Waals surface area contributed by atoms with Gasteiger partial charge in [-0.05, 0) is 23.3 Å². The Morgan fingerprint density at radius 2 is 2.16 bits per heavy atom. The lowest BCUT2D eigenvalue weighted by Gasteiger charge is -2.17. The Kier molecular flexibility index (Phi) is 2.91. The molecule has 0 saturated carbocycles. The number of nitrogens with zero attached hydrogens (tertiary/aromatic N) is 2. The molecule has 2 aromatic rings.